The first-order valence-corrected chi connectivity index (χ1v) is 9.94. The van der Waals surface area contributed by atoms with Crippen molar-refractivity contribution in [1.82, 2.24) is 4.90 Å². The Hall–Kier alpha value is -3.22. The van der Waals surface area contributed by atoms with E-state index in [-0.39, 0.29) is 11.8 Å². The molecule has 7 heteroatoms. The van der Waals surface area contributed by atoms with Crippen LogP contribution in [-0.4, -0.2) is 43.6 Å². The predicted molar refractivity (Wildman–Crippen MR) is 114 cm³/mol. The van der Waals surface area contributed by atoms with Gasteiger partial charge in [0.2, 0.25) is 0 Å². The number of hydrogen-bond donors (Lipinski definition) is 1. The number of rotatable bonds is 6. The zero-order valence-electron chi connectivity index (χ0n) is 18.0. The number of nitrogens with one attached hydrogen (secondary N) is 1. The summed E-state index contributed by atoms with van der Waals surface area (Å²) in [5.74, 6) is 1.69. The van der Waals surface area contributed by atoms with Crippen molar-refractivity contribution in [1.29, 1.82) is 0 Å². The highest BCUT2D eigenvalue weighted by Crippen LogP contribution is 2.30. The van der Waals surface area contributed by atoms with E-state index < -0.39 is 6.10 Å². The lowest BCUT2D eigenvalue weighted by Crippen LogP contribution is -2.39. The molecular formula is C23H28N2O5. The molecular weight excluding hydrogens is 384 g/mol. The Balaban J connectivity index is 1.84. The second-order valence-corrected chi connectivity index (χ2v) is 7.72. The number of carbonyl (C=O) groups is 2. The van der Waals surface area contributed by atoms with Crippen molar-refractivity contribution in [2.75, 3.05) is 26.1 Å². The molecule has 160 valence electrons. The Kier molecular flexibility index (Phi) is 6.50. The fourth-order valence-corrected chi connectivity index (χ4v) is 3.46. The molecule has 0 saturated carbocycles. The van der Waals surface area contributed by atoms with Crippen LogP contribution >= 0.6 is 0 Å². The molecule has 3 rings (SSSR count). The number of amides is 2. The molecule has 1 N–H and O–H groups in total. The summed E-state index contributed by atoms with van der Waals surface area (Å²) in [5.41, 5.74) is 1.87. The lowest BCUT2D eigenvalue weighted by molar-refractivity contribution is -0.138. The molecule has 1 atom stereocenters. The molecule has 0 aliphatic carbocycles. The van der Waals surface area contributed by atoms with Crippen LogP contribution < -0.4 is 19.5 Å². The number of carbonyl (C=O) groups excluding carboxylic acids is 2. The van der Waals surface area contributed by atoms with Gasteiger partial charge in [0, 0.05) is 30.4 Å². The van der Waals surface area contributed by atoms with E-state index in [0.717, 1.165) is 5.56 Å². The molecule has 2 aromatic carbocycles. The molecule has 1 aliphatic rings. The molecule has 30 heavy (non-hydrogen) atoms. The van der Waals surface area contributed by atoms with Crippen LogP contribution in [0.15, 0.2) is 36.4 Å². The van der Waals surface area contributed by atoms with Gasteiger partial charge in [0.05, 0.1) is 19.8 Å². The van der Waals surface area contributed by atoms with Gasteiger partial charge < -0.3 is 24.4 Å². The first-order chi connectivity index (χ1) is 14.3. The number of benzene rings is 2. The molecule has 0 radical (unpaired) electrons. The minimum Gasteiger partial charge on any atom is -0.497 e. The summed E-state index contributed by atoms with van der Waals surface area (Å²) in [6.45, 7) is 6.99. The highest BCUT2D eigenvalue weighted by molar-refractivity contribution is 6.06. The standard InChI is InChI=1S/C23H28N2O5/c1-14(2)12-25-13-16-10-17(6-9-20(16)30-15(3)23(25)27)24-22(26)19-8-7-18(28-4)11-21(19)29-5/h6-11,14-15H,12-13H2,1-5H3,(H,24,26). The summed E-state index contributed by atoms with van der Waals surface area (Å²) in [5, 5.41) is 2.90. The van der Waals surface area contributed by atoms with Gasteiger partial charge in [0.1, 0.15) is 17.2 Å². The number of anilines is 1. The van der Waals surface area contributed by atoms with Gasteiger partial charge in [-0.3, -0.25) is 9.59 Å². The number of ether oxygens (including phenoxy) is 3. The molecule has 2 aromatic rings. The van der Waals surface area contributed by atoms with E-state index >= 15 is 0 Å². The Labute approximate surface area is 176 Å². The molecule has 1 aliphatic heterocycles. The Morgan fingerprint density at radius 3 is 2.63 bits per heavy atom. The molecule has 0 aromatic heterocycles. The van der Waals surface area contributed by atoms with Gasteiger partial charge in [-0.1, -0.05) is 13.8 Å². The van der Waals surface area contributed by atoms with E-state index in [1.165, 1.54) is 7.11 Å². The van der Waals surface area contributed by atoms with Gasteiger partial charge in [-0.2, -0.15) is 0 Å². The van der Waals surface area contributed by atoms with Crippen LogP contribution in [-0.2, 0) is 11.3 Å². The van der Waals surface area contributed by atoms with Crippen molar-refractivity contribution < 1.29 is 23.8 Å². The van der Waals surface area contributed by atoms with Crippen LogP contribution in [0, 0.1) is 5.92 Å². The van der Waals surface area contributed by atoms with Crippen LogP contribution in [0.3, 0.4) is 0 Å². The Bertz CT molecular complexity index is 941. The highest BCUT2D eigenvalue weighted by Gasteiger charge is 2.28. The third-order valence-electron chi connectivity index (χ3n) is 4.88. The molecule has 0 saturated heterocycles. The van der Waals surface area contributed by atoms with Gasteiger partial charge in [-0.25, -0.2) is 0 Å². The molecule has 0 fully saturated rings. The summed E-state index contributed by atoms with van der Waals surface area (Å²) in [4.78, 5) is 27.2. The topological polar surface area (TPSA) is 77.1 Å². The van der Waals surface area contributed by atoms with E-state index in [2.05, 4.69) is 19.2 Å². The van der Waals surface area contributed by atoms with Crippen LogP contribution in [0.5, 0.6) is 17.2 Å². The highest BCUT2D eigenvalue weighted by atomic mass is 16.5. The van der Waals surface area contributed by atoms with Crippen molar-refractivity contribution >= 4 is 17.5 Å². The van der Waals surface area contributed by atoms with Crippen LogP contribution in [0.4, 0.5) is 5.69 Å². The van der Waals surface area contributed by atoms with Crippen LogP contribution in [0.1, 0.15) is 36.7 Å². The number of nitrogens with zero attached hydrogens (tertiary/aromatic N) is 1. The molecule has 7 nitrogen and oxygen atoms in total. The lowest BCUT2D eigenvalue weighted by atomic mass is 10.1. The second-order valence-electron chi connectivity index (χ2n) is 7.72. The third kappa shape index (κ3) is 4.67. The van der Waals surface area contributed by atoms with Crippen molar-refractivity contribution in [3.8, 4) is 17.2 Å². The largest absolute Gasteiger partial charge is 0.497 e. The Morgan fingerprint density at radius 2 is 1.97 bits per heavy atom. The second kappa shape index (κ2) is 9.07. The van der Waals surface area contributed by atoms with Crippen LogP contribution in [0.25, 0.3) is 0 Å². The quantitative estimate of drug-likeness (QED) is 0.782. The maximum Gasteiger partial charge on any atom is 0.263 e. The zero-order valence-corrected chi connectivity index (χ0v) is 18.0. The maximum absolute atomic E-state index is 12.8. The van der Waals surface area contributed by atoms with Gasteiger partial charge in [-0.15, -0.1) is 0 Å². The number of methoxy groups -OCH3 is 2. The minimum atomic E-state index is -0.547. The molecule has 0 bridgehead atoms. The van der Waals surface area contributed by atoms with Gasteiger partial charge in [0.15, 0.2) is 6.10 Å². The minimum absolute atomic E-state index is 0.0338. The molecule has 2 amide bonds. The fraction of sp³-hybridized carbons (Fsp3) is 0.391. The lowest BCUT2D eigenvalue weighted by Gasteiger charge is -2.24. The van der Waals surface area contributed by atoms with Crippen molar-refractivity contribution in [2.24, 2.45) is 5.92 Å². The van der Waals surface area contributed by atoms with E-state index in [1.807, 2.05) is 6.07 Å². The zero-order chi connectivity index (χ0) is 21.8. The number of fused-ring (bicyclic) bond motifs is 1. The summed E-state index contributed by atoms with van der Waals surface area (Å²) in [6.07, 6.45) is -0.547. The summed E-state index contributed by atoms with van der Waals surface area (Å²) in [6, 6.07) is 10.4. The molecule has 1 heterocycles. The summed E-state index contributed by atoms with van der Waals surface area (Å²) >= 11 is 0. The molecule has 0 spiro atoms. The maximum atomic E-state index is 12.8. The third-order valence-corrected chi connectivity index (χ3v) is 4.88. The average Bonchev–Trinajstić information content (AvgIpc) is 2.83. The van der Waals surface area contributed by atoms with Crippen molar-refractivity contribution in [3.63, 3.8) is 0 Å². The van der Waals surface area contributed by atoms with Gasteiger partial charge in [-0.05, 0) is 43.2 Å². The van der Waals surface area contributed by atoms with Crippen molar-refractivity contribution in [2.45, 2.75) is 33.4 Å². The van der Waals surface area contributed by atoms with Crippen LogP contribution in [0.2, 0.25) is 0 Å². The smallest absolute Gasteiger partial charge is 0.263 e. The normalized spacial score (nSPS) is 15.9. The SMILES string of the molecule is COc1ccc(C(=O)Nc2ccc3c(c2)CN(CC(C)C)C(=O)C(C)O3)c(OC)c1. The van der Waals surface area contributed by atoms with E-state index in [9.17, 15) is 9.59 Å². The predicted octanol–water partition coefficient (Wildman–Crippen LogP) is 3.72. The first-order valence-electron chi connectivity index (χ1n) is 9.94. The monoisotopic (exact) mass is 412 g/mol. The Morgan fingerprint density at radius 1 is 1.20 bits per heavy atom. The van der Waals surface area contributed by atoms with Gasteiger partial charge >= 0.3 is 0 Å². The van der Waals surface area contributed by atoms with Crippen molar-refractivity contribution in [3.05, 3.63) is 47.5 Å². The van der Waals surface area contributed by atoms with E-state index in [0.29, 0.717) is 47.5 Å². The number of hydrogen-bond acceptors (Lipinski definition) is 5. The van der Waals surface area contributed by atoms with Gasteiger partial charge in [0.25, 0.3) is 11.8 Å². The summed E-state index contributed by atoms with van der Waals surface area (Å²) in [7, 11) is 3.06. The van der Waals surface area contributed by atoms with E-state index in [4.69, 9.17) is 14.2 Å². The average molecular weight is 412 g/mol. The summed E-state index contributed by atoms with van der Waals surface area (Å²) < 4.78 is 16.4. The first kappa shape index (κ1) is 21.5. The molecule has 1 unspecified atom stereocenters. The van der Waals surface area contributed by atoms with E-state index in [1.54, 1.807) is 49.3 Å². The fourth-order valence-electron chi connectivity index (χ4n) is 3.46.